The van der Waals surface area contributed by atoms with Crippen molar-refractivity contribution in [3.8, 4) is 0 Å². The zero-order chi connectivity index (χ0) is 41.0. The van der Waals surface area contributed by atoms with Crippen molar-refractivity contribution in [2.75, 3.05) is 0 Å². The molecule has 300 valence electrons. The summed E-state index contributed by atoms with van der Waals surface area (Å²) in [6.45, 7) is 0. The summed E-state index contributed by atoms with van der Waals surface area (Å²) in [7, 11) is -10.9. The molecule has 1 aliphatic heterocycles. The van der Waals surface area contributed by atoms with Crippen LogP contribution in [0.25, 0.3) is 36.5 Å². The molecule has 60 heavy (non-hydrogen) atoms. The van der Waals surface area contributed by atoms with Gasteiger partial charge in [0, 0.05) is 0 Å². The van der Waals surface area contributed by atoms with E-state index in [2.05, 4.69) is 14.6 Å². The van der Waals surface area contributed by atoms with Gasteiger partial charge in [0.15, 0.2) is 0 Å². The summed E-state index contributed by atoms with van der Waals surface area (Å²) in [6, 6.07) is 58.9. The van der Waals surface area contributed by atoms with Crippen molar-refractivity contribution >= 4 is 60.5 Å². The minimum atomic E-state index is -3.63. The Morgan fingerprint density at radius 3 is 0.533 bits per heavy atom. The minimum absolute atomic E-state index is 0.918. The van der Waals surface area contributed by atoms with Gasteiger partial charge in [-0.15, -0.1) is 0 Å². The van der Waals surface area contributed by atoms with Gasteiger partial charge in [0.2, 0.25) is 0 Å². The van der Waals surface area contributed by atoms with E-state index >= 15 is 0 Å². The van der Waals surface area contributed by atoms with Gasteiger partial charge in [-0.25, -0.2) is 0 Å². The second-order valence-electron chi connectivity index (χ2n) is 12.9. The molecule has 3 N–H and O–H groups in total. The molecule has 6 aromatic rings. The molecular formula is C48H45N3O6P3+3. The molecule has 0 saturated carbocycles. The van der Waals surface area contributed by atoms with Crippen LogP contribution in [0.3, 0.4) is 0 Å². The normalized spacial score (nSPS) is 20.6. The maximum Gasteiger partial charge on any atom is 0.599 e. The molecule has 9 nitrogen and oxygen atoms in total. The molecule has 6 aromatic carbocycles. The van der Waals surface area contributed by atoms with Gasteiger partial charge in [0.1, 0.15) is 52.1 Å². The number of rotatable bonds is 18. The number of hydrogen-bond donors (Lipinski definition) is 3. The van der Waals surface area contributed by atoms with Crippen LogP contribution in [0.15, 0.2) is 220 Å². The van der Waals surface area contributed by atoms with E-state index in [9.17, 15) is 0 Å². The number of nitrogens with one attached hydrogen (secondary N) is 3. The molecule has 1 fully saturated rings. The molecule has 12 heteroatoms. The molecule has 0 atom stereocenters. The maximum atomic E-state index is 6.72. The molecule has 0 radical (unpaired) electrons. The quantitative estimate of drug-likeness (QED) is 0.0577. The van der Waals surface area contributed by atoms with E-state index in [1.807, 2.05) is 218 Å². The van der Waals surface area contributed by atoms with E-state index < -0.39 is 24.1 Å². The highest BCUT2D eigenvalue weighted by atomic mass is 31.3. The molecule has 7 rings (SSSR count). The predicted molar refractivity (Wildman–Crippen MR) is 250 cm³/mol. The van der Waals surface area contributed by atoms with Crippen molar-refractivity contribution in [3.05, 3.63) is 253 Å². The fraction of sp³-hybridized carbons (Fsp3) is 0. The molecule has 0 amide bonds. The first-order valence-corrected chi connectivity index (χ1v) is 23.9. The van der Waals surface area contributed by atoms with Crippen LogP contribution in [-0.2, 0) is 27.1 Å². The van der Waals surface area contributed by atoms with Crippen LogP contribution >= 0.6 is 24.1 Å². The third-order valence-electron chi connectivity index (χ3n) is 8.41. The lowest BCUT2D eigenvalue weighted by molar-refractivity contribution is 0.313. The summed E-state index contributed by atoms with van der Waals surface area (Å²) in [6.07, 6.45) is 20.5. The first-order chi connectivity index (χ1) is 29.6. The van der Waals surface area contributed by atoms with E-state index in [0.29, 0.717) is 0 Å². The van der Waals surface area contributed by atoms with Gasteiger partial charge in [-0.3, -0.25) is 27.1 Å². The fourth-order valence-corrected chi connectivity index (χ4v) is 15.2. The van der Waals surface area contributed by atoms with Crippen molar-refractivity contribution < 1.29 is 27.1 Å². The average molecular weight is 853 g/mol. The summed E-state index contributed by atoms with van der Waals surface area (Å²) in [4.78, 5) is 10.6. The van der Waals surface area contributed by atoms with Gasteiger partial charge in [0.05, 0.1) is 0 Å². The van der Waals surface area contributed by atoms with Gasteiger partial charge >= 0.3 is 24.1 Å². The number of benzene rings is 6. The lowest BCUT2D eigenvalue weighted by Gasteiger charge is -2.31. The topological polar surface area (TPSA) is 91.5 Å². The molecule has 1 aliphatic rings. The first-order valence-electron chi connectivity index (χ1n) is 19.0. The van der Waals surface area contributed by atoms with Crippen molar-refractivity contribution in [3.63, 3.8) is 0 Å². The van der Waals surface area contributed by atoms with Gasteiger partial charge in [-0.1, -0.05) is 182 Å². The Morgan fingerprint density at radius 1 is 0.233 bits per heavy atom. The van der Waals surface area contributed by atoms with E-state index in [-0.39, 0.29) is 0 Å². The molecular weight excluding hydrogens is 807 g/mol. The third-order valence-corrected chi connectivity index (χ3v) is 17.2. The van der Waals surface area contributed by atoms with Crippen molar-refractivity contribution in [1.29, 1.82) is 0 Å². The average Bonchev–Trinajstić information content (AvgIpc) is 3.29. The largest absolute Gasteiger partial charge is 0.599 e. The second-order valence-corrected chi connectivity index (χ2v) is 19.8. The second kappa shape index (κ2) is 21.7. The third kappa shape index (κ3) is 12.9. The standard InChI is InChI=1S/C48H45N3O6P3/c1-7-19-43(20-8-1)31-37-52-58(53-38-32-44-21-9-2-10-22-44)49-59(54-39-33-45-23-11-3-12-24-45,55-40-34-46-25-13-4-14-26-46)51-60(50-58,56-41-35-47-27-15-5-16-28-47)57-42-36-48-29-17-6-18-30-48/h1-42,49-51H/q+3. The summed E-state index contributed by atoms with van der Waals surface area (Å²) >= 11 is 0. The minimum Gasteiger partial charge on any atom is -0.276 e. The molecule has 0 aliphatic carbocycles. The Kier molecular flexibility index (Phi) is 15.1. The lowest BCUT2D eigenvalue weighted by atomic mass is 10.2. The summed E-state index contributed by atoms with van der Waals surface area (Å²) in [5.41, 5.74) is 5.51. The van der Waals surface area contributed by atoms with Gasteiger partial charge in [0.25, 0.3) is 0 Å². The molecule has 1 heterocycles. The Hall–Kier alpha value is -6.27. The highest BCUT2D eigenvalue weighted by molar-refractivity contribution is 7.92. The SMILES string of the molecule is C(=Cc1ccccc1)O[P+]1(OC=Cc2ccccc2)N[P+](OC=Cc2ccccc2)(OC=Cc2ccccc2)N[P+](OC=Cc2ccccc2)(OC=Cc2ccccc2)N1. The first kappa shape index (κ1) is 41.9. The monoisotopic (exact) mass is 852 g/mol. The Bertz CT molecular complexity index is 1930. The van der Waals surface area contributed by atoms with E-state index in [0.717, 1.165) is 33.4 Å². The molecule has 0 spiro atoms. The van der Waals surface area contributed by atoms with E-state index in [1.165, 1.54) is 0 Å². The molecule has 0 aromatic heterocycles. The fourth-order valence-electron chi connectivity index (χ4n) is 5.50. The van der Waals surface area contributed by atoms with E-state index in [4.69, 9.17) is 27.1 Å². The molecule has 0 bridgehead atoms. The number of hydrogen-bond acceptors (Lipinski definition) is 9. The van der Waals surface area contributed by atoms with Crippen LogP contribution < -0.4 is 14.6 Å². The zero-order valence-electron chi connectivity index (χ0n) is 32.5. The van der Waals surface area contributed by atoms with Crippen LogP contribution in [0.1, 0.15) is 33.4 Å². The van der Waals surface area contributed by atoms with Crippen LogP contribution in [0, 0.1) is 0 Å². The molecule has 1 saturated heterocycles. The Balaban J connectivity index is 1.35. The summed E-state index contributed by atoms with van der Waals surface area (Å²) in [5, 5.41) is 0. The van der Waals surface area contributed by atoms with Gasteiger partial charge in [-0.05, 0) is 69.8 Å². The highest BCUT2D eigenvalue weighted by Crippen LogP contribution is 2.82. The van der Waals surface area contributed by atoms with Gasteiger partial charge in [-0.2, -0.15) is 0 Å². The maximum absolute atomic E-state index is 6.72. The van der Waals surface area contributed by atoms with Crippen LogP contribution in [0.2, 0.25) is 0 Å². The van der Waals surface area contributed by atoms with Crippen LogP contribution in [-0.4, -0.2) is 0 Å². The van der Waals surface area contributed by atoms with Crippen LogP contribution in [0.5, 0.6) is 0 Å². The predicted octanol–water partition coefficient (Wildman–Crippen LogP) is 13.9. The Labute approximate surface area is 353 Å². The van der Waals surface area contributed by atoms with Gasteiger partial charge < -0.3 is 0 Å². The van der Waals surface area contributed by atoms with Crippen molar-refractivity contribution in [1.82, 2.24) is 14.6 Å². The highest BCUT2D eigenvalue weighted by Gasteiger charge is 2.83. The van der Waals surface area contributed by atoms with Crippen molar-refractivity contribution in [2.45, 2.75) is 0 Å². The Morgan fingerprint density at radius 2 is 0.383 bits per heavy atom. The smallest absolute Gasteiger partial charge is 0.276 e. The zero-order valence-corrected chi connectivity index (χ0v) is 35.2. The van der Waals surface area contributed by atoms with Crippen molar-refractivity contribution in [2.24, 2.45) is 0 Å². The van der Waals surface area contributed by atoms with Crippen LogP contribution in [0.4, 0.5) is 0 Å². The molecule has 0 unspecified atom stereocenters. The summed E-state index contributed by atoms with van der Waals surface area (Å²) < 4.78 is 40.3. The lowest BCUT2D eigenvalue weighted by Crippen LogP contribution is -2.45. The summed E-state index contributed by atoms with van der Waals surface area (Å²) in [5.74, 6) is 0. The van der Waals surface area contributed by atoms with E-state index in [1.54, 1.807) is 37.6 Å².